The van der Waals surface area contributed by atoms with Crippen molar-refractivity contribution in [3.8, 4) is 0 Å². The number of benzene rings is 2. The van der Waals surface area contributed by atoms with Crippen LogP contribution in [0, 0.1) is 18.7 Å². The maximum absolute atomic E-state index is 14.2. The molecule has 1 amide bonds. The van der Waals surface area contributed by atoms with Gasteiger partial charge >= 0.3 is 0 Å². The SMILES string of the molecule is Cc1ccc(F)c2c1NC(C(=O)Nc1cccc(C3CNNC3(N)C3CCCCCC3)c1)C2. The number of fused-ring (bicyclic) bond motifs is 1. The quantitative estimate of drug-likeness (QED) is 0.455. The predicted octanol–water partition coefficient (Wildman–Crippen LogP) is 3.93. The number of amides is 1. The fourth-order valence-electron chi connectivity index (χ4n) is 5.89. The molecule has 1 saturated heterocycles. The number of halogens is 1. The summed E-state index contributed by atoms with van der Waals surface area (Å²) in [5.41, 5.74) is 17.3. The maximum atomic E-state index is 14.2. The molecular formula is C26H34FN5O. The molecule has 0 radical (unpaired) electrons. The highest BCUT2D eigenvalue weighted by Crippen LogP contribution is 2.40. The molecule has 2 aromatic carbocycles. The second-order valence-corrected chi connectivity index (χ2v) is 9.91. The predicted molar refractivity (Wildman–Crippen MR) is 129 cm³/mol. The lowest BCUT2D eigenvalue weighted by atomic mass is 9.76. The van der Waals surface area contributed by atoms with Crippen LogP contribution in [0.5, 0.6) is 0 Å². The summed E-state index contributed by atoms with van der Waals surface area (Å²) in [5, 5.41) is 6.24. The van der Waals surface area contributed by atoms with Gasteiger partial charge in [-0.15, -0.1) is 0 Å². The molecule has 1 aliphatic carbocycles. The first kappa shape index (κ1) is 22.3. The first-order valence-corrected chi connectivity index (χ1v) is 12.2. The van der Waals surface area contributed by atoms with Crippen molar-refractivity contribution >= 4 is 17.3 Å². The molecule has 3 unspecified atom stereocenters. The first-order valence-electron chi connectivity index (χ1n) is 12.2. The van der Waals surface area contributed by atoms with Gasteiger partial charge in [-0.3, -0.25) is 10.2 Å². The Kier molecular flexibility index (Phi) is 6.12. The lowest BCUT2D eigenvalue weighted by molar-refractivity contribution is -0.116. The van der Waals surface area contributed by atoms with Crippen molar-refractivity contribution in [3.63, 3.8) is 0 Å². The highest BCUT2D eigenvalue weighted by molar-refractivity contribution is 5.98. The first-order chi connectivity index (χ1) is 16.0. The van der Waals surface area contributed by atoms with Gasteiger partial charge in [-0.25, -0.2) is 9.82 Å². The molecular weight excluding hydrogens is 417 g/mol. The van der Waals surface area contributed by atoms with Gasteiger partial charge in [0.2, 0.25) is 5.91 Å². The lowest BCUT2D eigenvalue weighted by Crippen LogP contribution is -2.59. The Morgan fingerprint density at radius 3 is 2.70 bits per heavy atom. The zero-order valence-electron chi connectivity index (χ0n) is 19.2. The Labute approximate surface area is 194 Å². The van der Waals surface area contributed by atoms with Gasteiger partial charge in [0.15, 0.2) is 0 Å². The molecule has 6 nitrogen and oxygen atoms in total. The molecule has 176 valence electrons. The fourth-order valence-corrected chi connectivity index (χ4v) is 5.89. The number of nitrogens with two attached hydrogens (primary N) is 1. The molecule has 0 aromatic heterocycles. The standard InChI is InChI=1S/C26H34FN5O/c1-16-11-12-22(27)20-14-23(31-24(16)20)25(33)30-19-10-6-7-17(13-19)21-15-29-32-26(21,28)18-8-4-2-3-5-9-18/h6-7,10-13,18,21,23,29,31-32H,2-5,8-9,14-15,28H2,1H3,(H,30,33). The van der Waals surface area contributed by atoms with Crippen LogP contribution in [-0.2, 0) is 11.2 Å². The molecule has 6 N–H and O–H groups in total. The lowest BCUT2D eigenvalue weighted by Gasteiger charge is -2.38. The summed E-state index contributed by atoms with van der Waals surface area (Å²) in [4.78, 5) is 13.0. The Bertz CT molecular complexity index is 1000. The highest BCUT2D eigenvalue weighted by Gasteiger charge is 2.46. The number of carbonyl (C=O) groups is 1. The third kappa shape index (κ3) is 4.25. The van der Waals surface area contributed by atoms with E-state index >= 15 is 0 Å². The number of nitrogens with one attached hydrogen (secondary N) is 4. The molecule has 0 bridgehead atoms. The van der Waals surface area contributed by atoms with Gasteiger partial charge in [0.05, 0.1) is 5.66 Å². The van der Waals surface area contributed by atoms with E-state index in [9.17, 15) is 9.18 Å². The van der Waals surface area contributed by atoms with Crippen molar-refractivity contribution in [2.75, 3.05) is 17.2 Å². The van der Waals surface area contributed by atoms with E-state index in [4.69, 9.17) is 5.73 Å². The Morgan fingerprint density at radius 2 is 1.94 bits per heavy atom. The van der Waals surface area contributed by atoms with Gasteiger partial charge in [-0.05, 0) is 55.0 Å². The Hall–Kier alpha value is -2.48. The van der Waals surface area contributed by atoms with Crippen molar-refractivity contribution in [1.29, 1.82) is 0 Å². The van der Waals surface area contributed by atoms with Crippen LogP contribution in [0.25, 0.3) is 0 Å². The number of aryl methyl sites for hydroxylation is 1. The number of carbonyl (C=O) groups excluding carboxylic acids is 1. The third-order valence-electron chi connectivity index (χ3n) is 7.78. The molecule has 2 aliphatic heterocycles. The number of rotatable bonds is 4. The third-order valence-corrected chi connectivity index (χ3v) is 7.78. The fraction of sp³-hybridized carbons (Fsp3) is 0.500. The van der Waals surface area contributed by atoms with Crippen LogP contribution in [-0.4, -0.2) is 24.2 Å². The van der Waals surface area contributed by atoms with Gasteiger partial charge in [-0.1, -0.05) is 43.9 Å². The summed E-state index contributed by atoms with van der Waals surface area (Å²) >= 11 is 0. The van der Waals surface area contributed by atoms with Crippen LogP contribution in [0.15, 0.2) is 36.4 Å². The van der Waals surface area contributed by atoms with Gasteiger partial charge in [0.25, 0.3) is 0 Å². The molecule has 2 heterocycles. The Balaban J connectivity index is 1.31. The molecule has 33 heavy (non-hydrogen) atoms. The monoisotopic (exact) mass is 451 g/mol. The smallest absolute Gasteiger partial charge is 0.247 e. The minimum Gasteiger partial charge on any atom is -0.373 e. The minimum absolute atomic E-state index is 0.114. The van der Waals surface area contributed by atoms with Crippen LogP contribution in [0.2, 0.25) is 0 Å². The summed E-state index contributed by atoms with van der Waals surface area (Å²) in [6, 6.07) is 10.7. The van der Waals surface area contributed by atoms with Gasteiger partial charge in [0.1, 0.15) is 11.9 Å². The summed E-state index contributed by atoms with van der Waals surface area (Å²) in [6.45, 7) is 2.68. The van der Waals surface area contributed by atoms with E-state index in [1.165, 1.54) is 31.7 Å². The van der Waals surface area contributed by atoms with Gasteiger partial charge < -0.3 is 16.4 Å². The van der Waals surface area contributed by atoms with Crippen molar-refractivity contribution in [3.05, 3.63) is 58.9 Å². The van der Waals surface area contributed by atoms with E-state index in [1.807, 2.05) is 25.1 Å². The van der Waals surface area contributed by atoms with E-state index in [-0.39, 0.29) is 17.6 Å². The average Bonchev–Trinajstić information content (AvgIpc) is 3.33. The van der Waals surface area contributed by atoms with Crippen molar-refractivity contribution in [2.24, 2.45) is 11.7 Å². The Morgan fingerprint density at radius 1 is 1.15 bits per heavy atom. The summed E-state index contributed by atoms with van der Waals surface area (Å²) < 4.78 is 14.2. The van der Waals surface area contributed by atoms with Crippen molar-refractivity contribution in [1.82, 2.24) is 10.9 Å². The summed E-state index contributed by atoms with van der Waals surface area (Å²) in [7, 11) is 0. The zero-order chi connectivity index (χ0) is 23.0. The second-order valence-electron chi connectivity index (χ2n) is 9.91. The second kappa shape index (κ2) is 9.05. The van der Waals surface area contributed by atoms with Gasteiger partial charge in [0, 0.05) is 35.8 Å². The topological polar surface area (TPSA) is 91.2 Å². The van der Waals surface area contributed by atoms with E-state index in [1.54, 1.807) is 6.07 Å². The summed E-state index contributed by atoms with van der Waals surface area (Å²) in [6.07, 6.45) is 7.65. The highest BCUT2D eigenvalue weighted by atomic mass is 19.1. The van der Waals surface area contributed by atoms with E-state index in [2.05, 4.69) is 27.6 Å². The molecule has 7 heteroatoms. The number of anilines is 2. The van der Waals surface area contributed by atoms with Crippen molar-refractivity contribution in [2.45, 2.75) is 69.5 Å². The van der Waals surface area contributed by atoms with Crippen LogP contribution in [0.1, 0.15) is 61.1 Å². The number of hydrazine groups is 1. The summed E-state index contributed by atoms with van der Waals surface area (Å²) in [5.74, 6) is 0.104. The molecule has 3 atom stereocenters. The minimum atomic E-state index is -0.503. The molecule has 2 fully saturated rings. The molecule has 1 saturated carbocycles. The van der Waals surface area contributed by atoms with Crippen molar-refractivity contribution < 1.29 is 9.18 Å². The maximum Gasteiger partial charge on any atom is 0.247 e. The van der Waals surface area contributed by atoms with E-state index in [0.717, 1.165) is 41.9 Å². The molecule has 0 spiro atoms. The average molecular weight is 452 g/mol. The zero-order valence-corrected chi connectivity index (χ0v) is 19.2. The molecule has 3 aliphatic rings. The van der Waals surface area contributed by atoms with Crippen LogP contribution < -0.4 is 27.2 Å². The largest absolute Gasteiger partial charge is 0.373 e. The van der Waals surface area contributed by atoms with E-state index in [0.29, 0.717) is 17.9 Å². The normalized spacial score (nSPS) is 27.6. The van der Waals surface area contributed by atoms with Gasteiger partial charge in [-0.2, -0.15) is 0 Å². The number of hydrogen-bond acceptors (Lipinski definition) is 5. The molecule has 5 rings (SSSR count). The van der Waals surface area contributed by atoms with Crippen LogP contribution in [0.3, 0.4) is 0 Å². The van der Waals surface area contributed by atoms with Crippen LogP contribution >= 0.6 is 0 Å². The van der Waals surface area contributed by atoms with E-state index < -0.39 is 11.7 Å². The van der Waals surface area contributed by atoms with Crippen LogP contribution in [0.4, 0.5) is 15.8 Å². The number of hydrogen-bond donors (Lipinski definition) is 5. The molecule has 2 aromatic rings.